The molecule has 1 rings (SSSR count). The molecule has 22 heavy (non-hydrogen) atoms. The van der Waals surface area contributed by atoms with E-state index in [4.69, 9.17) is 17.0 Å². The summed E-state index contributed by atoms with van der Waals surface area (Å²) in [4.78, 5) is 23.0. The van der Waals surface area contributed by atoms with E-state index in [9.17, 15) is 9.59 Å². The minimum absolute atomic E-state index is 0.0270. The molecule has 0 saturated carbocycles. The molecular weight excluding hydrogens is 302 g/mol. The molecule has 2 amide bonds. The van der Waals surface area contributed by atoms with E-state index < -0.39 is 5.91 Å². The molecule has 0 bridgehead atoms. The third-order valence-corrected chi connectivity index (χ3v) is 2.79. The van der Waals surface area contributed by atoms with Gasteiger partial charge in [-0.3, -0.25) is 25.8 Å². The number of rotatable bonds is 5. The first-order valence-corrected chi connectivity index (χ1v) is 7.18. The monoisotopic (exact) mass is 321 g/mol. The Hall–Kier alpha value is -2.41. The molecule has 1 aromatic carbocycles. The minimum Gasteiger partial charge on any atom is -0.496 e. The van der Waals surface area contributed by atoms with E-state index in [2.05, 4.69) is 16.2 Å². The highest BCUT2D eigenvalue weighted by Gasteiger charge is 2.03. The van der Waals surface area contributed by atoms with Gasteiger partial charge >= 0.3 is 0 Å². The predicted octanol–water partition coefficient (Wildman–Crippen LogP) is 1.53. The molecule has 0 aromatic heterocycles. The average molecular weight is 321 g/mol. The number of methoxy groups -OCH3 is 1. The number of benzene rings is 1. The van der Waals surface area contributed by atoms with Crippen LogP contribution in [0.15, 0.2) is 30.3 Å². The van der Waals surface area contributed by atoms with E-state index >= 15 is 0 Å². The van der Waals surface area contributed by atoms with Crippen LogP contribution in [0, 0.1) is 0 Å². The van der Waals surface area contributed by atoms with Crippen LogP contribution < -0.4 is 20.9 Å². The Morgan fingerprint density at radius 3 is 2.68 bits per heavy atom. The van der Waals surface area contributed by atoms with Gasteiger partial charge in [0.2, 0.25) is 11.8 Å². The summed E-state index contributed by atoms with van der Waals surface area (Å²) in [6, 6.07) is 7.31. The van der Waals surface area contributed by atoms with Crippen LogP contribution in [-0.4, -0.2) is 24.0 Å². The van der Waals surface area contributed by atoms with E-state index in [-0.39, 0.29) is 11.0 Å². The molecule has 0 atom stereocenters. The Morgan fingerprint density at radius 2 is 2.00 bits per heavy atom. The highest BCUT2D eigenvalue weighted by atomic mass is 32.1. The molecule has 6 nitrogen and oxygen atoms in total. The lowest BCUT2D eigenvalue weighted by molar-refractivity contribution is -0.122. The molecule has 0 aliphatic carbocycles. The van der Waals surface area contributed by atoms with Gasteiger partial charge in [0.05, 0.1) is 7.11 Å². The van der Waals surface area contributed by atoms with Crippen LogP contribution in [0.4, 0.5) is 0 Å². The Labute approximate surface area is 134 Å². The van der Waals surface area contributed by atoms with Gasteiger partial charge in [-0.1, -0.05) is 25.1 Å². The van der Waals surface area contributed by atoms with Crippen molar-refractivity contribution in [3.8, 4) is 5.75 Å². The van der Waals surface area contributed by atoms with Gasteiger partial charge < -0.3 is 4.74 Å². The number of carbonyl (C=O) groups is 2. The molecule has 0 spiro atoms. The Balaban J connectivity index is 2.47. The largest absolute Gasteiger partial charge is 0.496 e. The maximum Gasteiger partial charge on any atom is 0.250 e. The van der Waals surface area contributed by atoms with Crippen molar-refractivity contribution >= 4 is 35.2 Å². The van der Waals surface area contributed by atoms with Crippen molar-refractivity contribution in [3.05, 3.63) is 35.9 Å². The first-order valence-electron chi connectivity index (χ1n) is 6.77. The summed E-state index contributed by atoms with van der Waals surface area (Å²) in [5, 5.41) is 2.45. The normalized spacial score (nSPS) is 10.1. The number of carbonyl (C=O) groups excluding carboxylic acids is 2. The van der Waals surface area contributed by atoms with Crippen molar-refractivity contribution < 1.29 is 14.3 Å². The molecular formula is C15H19N3O3S. The number of nitrogens with one attached hydrogen (secondary N) is 3. The van der Waals surface area contributed by atoms with E-state index in [1.807, 2.05) is 25.1 Å². The van der Waals surface area contributed by atoms with Crippen molar-refractivity contribution in [1.29, 1.82) is 0 Å². The van der Waals surface area contributed by atoms with Gasteiger partial charge in [-0.05, 0) is 30.8 Å². The van der Waals surface area contributed by atoms with Gasteiger partial charge in [-0.25, -0.2) is 0 Å². The molecule has 0 saturated heterocycles. The molecule has 3 N–H and O–H groups in total. The Morgan fingerprint density at radius 1 is 1.27 bits per heavy atom. The van der Waals surface area contributed by atoms with Crippen LogP contribution in [0.1, 0.15) is 25.3 Å². The second kappa shape index (κ2) is 9.51. The van der Waals surface area contributed by atoms with Gasteiger partial charge in [-0.2, -0.15) is 0 Å². The Kier molecular flexibility index (Phi) is 7.63. The van der Waals surface area contributed by atoms with Gasteiger partial charge in [0.15, 0.2) is 5.11 Å². The smallest absolute Gasteiger partial charge is 0.250 e. The molecule has 0 radical (unpaired) electrons. The molecule has 1 aromatic rings. The standard InChI is InChI=1S/C15H19N3O3S/c1-3-6-14(20)17-18-15(22)16-13(19)10-9-11-7-4-5-8-12(11)21-2/h4-5,7-10H,3,6H2,1-2H3,(H,17,20)(H2,16,18,19,22)/b10-9+. The maximum atomic E-state index is 11.7. The summed E-state index contributed by atoms with van der Waals surface area (Å²) >= 11 is 4.90. The van der Waals surface area contributed by atoms with E-state index in [1.165, 1.54) is 6.08 Å². The fourth-order valence-electron chi connectivity index (χ4n) is 1.57. The maximum absolute atomic E-state index is 11.7. The van der Waals surface area contributed by atoms with E-state index in [0.717, 1.165) is 12.0 Å². The van der Waals surface area contributed by atoms with E-state index in [0.29, 0.717) is 12.2 Å². The fraction of sp³-hybridized carbons (Fsp3) is 0.267. The lowest BCUT2D eigenvalue weighted by Gasteiger charge is -2.09. The van der Waals surface area contributed by atoms with Crippen LogP contribution >= 0.6 is 12.2 Å². The lowest BCUT2D eigenvalue weighted by atomic mass is 10.2. The number of hydrogen-bond acceptors (Lipinski definition) is 4. The quantitative estimate of drug-likeness (QED) is 0.435. The zero-order chi connectivity index (χ0) is 16.4. The zero-order valence-corrected chi connectivity index (χ0v) is 13.3. The summed E-state index contributed by atoms with van der Waals surface area (Å²) in [7, 11) is 1.56. The van der Waals surface area contributed by atoms with Crippen LogP contribution in [0.5, 0.6) is 5.75 Å². The van der Waals surface area contributed by atoms with Gasteiger partial charge in [0.25, 0.3) is 0 Å². The number of hydrogen-bond donors (Lipinski definition) is 3. The molecule has 118 valence electrons. The van der Waals surface area contributed by atoms with Gasteiger partial charge in [0.1, 0.15) is 5.75 Å². The van der Waals surface area contributed by atoms with Crippen LogP contribution in [-0.2, 0) is 9.59 Å². The molecule has 0 fully saturated rings. The second-order valence-electron chi connectivity index (χ2n) is 4.32. The number of para-hydroxylation sites is 1. The van der Waals surface area contributed by atoms with Gasteiger partial charge in [0, 0.05) is 18.1 Å². The number of ether oxygens (including phenoxy) is 1. The highest BCUT2D eigenvalue weighted by molar-refractivity contribution is 7.80. The van der Waals surface area contributed by atoms with Crippen molar-refractivity contribution in [2.24, 2.45) is 0 Å². The summed E-state index contributed by atoms with van der Waals surface area (Å²) < 4.78 is 5.18. The number of hydrazine groups is 1. The highest BCUT2D eigenvalue weighted by Crippen LogP contribution is 2.18. The molecule has 0 heterocycles. The SMILES string of the molecule is CCCC(=O)NNC(=S)NC(=O)/C=C/c1ccccc1OC. The fourth-order valence-corrected chi connectivity index (χ4v) is 1.72. The summed E-state index contributed by atoms with van der Waals surface area (Å²) in [5.41, 5.74) is 5.63. The van der Waals surface area contributed by atoms with Crippen molar-refractivity contribution in [3.63, 3.8) is 0 Å². The van der Waals surface area contributed by atoms with Crippen molar-refractivity contribution in [2.75, 3.05) is 7.11 Å². The van der Waals surface area contributed by atoms with Crippen LogP contribution in [0.3, 0.4) is 0 Å². The minimum atomic E-state index is -0.409. The van der Waals surface area contributed by atoms with Crippen molar-refractivity contribution in [2.45, 2.75) is 19.8 Å². The topological polar surface area (TPSA) is 79.5 Å². The first kappa shape index (κ1) is 17.6. The number of amides is 2. The summed E-state index contributed by atoms with van der Waals surface area (Å²) in [6.45, 7) is 1.89. The summed E-state index contributed by atoms with van der Waals surface area (Å²) in [6.07, 6.45) is 4.07. The zero-order valence-electron chi connectivity index (χ0n) is 12.5. The van der Waals surface area contributed by atoms with Crippen molar-refractivity contribution in [1.82, 2.24) is 16.2 Å². The van der Waals surface area contributed by atoms with Crippen LogP contribution in [0.25, 0.3) is 6.08 Å². The van der Waals surface area contributed by atoms with E-state index in [1.54, 1.807) is 19.3 Å². The third kappa shape index (κ3) is 6.36. The van der Waals surface area contributed by atoms with Crippen LogP contribution in [0.2, 0.25) is 0 Å². The summed E-state index contributed by atoms with van der Waals surface area (Å²) in [5.74, 6) is 0.0656. The number of thiocarbonyl (C=S) groups is 1. The molecule has 0 aliphatic heterocycles. The predicted molar refractivity (Wildman–Crippen MR) is 89.0 cm³/mol. The molecule has 0 aliphatic rings. The lowest BCUT2D eigenvalue weighted by Crippen LogP contribution is -2.48. The molecule has 7 heteroatoms. The average Bonchev–Trinajstić information content (AvgIpc) is 2.51. The second-order valence-corrected chi connectivity index (χ2v) is 4.73. The Bertz CT molecular complexity index is 573. The first-order chi connectivity index (χ1) is 10.6. The van der Waals surface area contributed by atoms with Gasteiger partial charge in [-0.15, -0.1) is 0 Å². The molecule has 0 unspecified atom stereocenters. The third-order valence-electron chi connectivity index (χ3n) is 2.58.